The van der Waals surface area contributed by atoms with E-state index in [-0.39, 0.29) is 0 Å². The van der Waals surface area contributed by atoms with Crippen LogP contribution in [0, 0.1) is 38.5 Å². The Hall–Kier alpha value is -2.63. The lowest BCUT2D eigenvalue weighted by atomic mass is 10.0. The second-order valence-electron chi connectivity index (χ2n) is 5.37. The second kappa shape index (κ2) is 49.7. The lowest BCUT2D eigenvalue weighted by Gasteiger charge is -2.21. The highest BCUT2D eigenvalue weighted by molar-refractivity contribution is 5.46. The van der Waals surface area contributed by atoms with Crippen molar-refractivity contribution in [2.45, 2.75) is 71.6 Å². The molecule has 0 aromatic rings. The van der Waals surface area contributed by atoms with Gasteiger partial charge in [0, 0.05) is 13.1 Å². The largest absolute Gasteiger partial charge is 0.345 e. The maximum atomic E-state index is 10.1. The Morgan fingerprint density at radius 2 is 0.857 bits per heavy atom. The van der Waals surface area contributed by atoms with Gasteiger partial charge in [0.05, 0.1) is 0 Å². The van der Waals surface area contributed by atoms with Gasteiger partial charge in [0.25, 0.3) is 0 Å². The molecule has 1 amide bonds. The Balaban J connectivity index is -0.0000000808. The van der Waals surface area contributed by atoms with Crippen LogP contribution in [0.5, 0.6) is 0 Å². The van der Waals surface area contributed by atoms with Gasteiger partial charge in [-0.3, -0.25) is 4.79 Å². The number of piperidine rings is 1. The molecule has 2 nitrogen and oxygen atoms in total. The van der Waals surface area contributed by atoms with Gasteiger partial charge in [-0.2, -0.15) is 0 Å². The summed E-state index contributed by atoms with van der Waals surface area (Å²) in [7, 11) is 0. The van der Waals surface area contributed by atoms with Crippen molar-refractivity contribution < 1.29 is 4.79 Å². The van der Waals surface area contributed by atoms with Crippen LogP contribution in [-0.4, -0.2) is 24.4 Å². The van der Waals surface area contributed by atoms with Crippen LogP contribution < -0.4 is 0 Å². The fourth-order valence-electron chi connectivity index (χ4n) is 2.31. The SMILES string of the molecule is C#C.C#C.C#C.C/C=C\C=C/C.C1CCCCC1.C=C.O=CN1CCCCC1. The number of carbonyl (C=O) groups excluding carboxylic acids is 1. The Morgan fingerprint density at radius 1 is 0.607 bits per heavy atom. The molecule has 2 aliphatic rings. The molecule has 1 saturated heterocycles. The molecule has 1 aliphatic carbocycles. The van der Waals surface area contributed by atoms with Crippen LogP contribution in [0.25, 0.3) is 0 Å². The predicted octanol–water partition coefficient (Wildman–Crippen LogP) is 6.66. The molecule has 2 heteroatoms. The van der Waals surface area contributed by atoms with Gasteiger partial charge >= 0.3 is 0 Å². The van der Waals surface area contributed by atoms with Gasteiger partial charge < -0.3 is 4.90 Å². The first-order valence-corrected chi connectivity index (χ1v) is 9.78. The number of hydrogen-bond donors (Lipinski definition) is 0. The van der Waals surface area contributed by atoms with Gasteiger partial charge in [0.15, 0.2) is 0 Å². The van der Waals surface area contributed by atoms with Gasteiger partial charge in [0.2, 0.25) is 6.41 Å². The summed E-state index contributed by atoms with van der Waals surface area (Å²) in [5, 5.41) is 0. The molecule has 28 heavy (non-hydrogen) atoms. The van der Waals surface area contributed by atoms with E-state index in [1.165, 1.54) is 57.8 Å². The molecular formula is C26H43NO. The van der Waals surface area contributed by atoms with E-state index in [1.807, 2.05) is 43.1 Å². The molecular weight excluding hydrogens is 342 g/mol. The third kappa shape index (κ3) is 43.6. The zero-order valence-electron chi connectivity index (χ0n) is 18.4. The third-order valence-corrected chi connectivity index (χ3v) is 3.54. The smallest absolute Gasteiger partial charge is 0.209 e. The molecule has 0 bridgehead atoms. The van der Waals surface area contributed by atoms with E-state index in [4.69, 9.17) is 0 Å². The molecule has 1 heterocycles. The molecule has 1 saturated carbocycles. The molecule has 2 fully saturated rings. The number of amides is 1. The van der Waals surface area contributed by atoms with E-state index >= 15 is 0 Å². The van der Waals surface area contributed by atoms with Crippen LogP contribution in [0.2, 0.25) is 0 Å². The number of nitrogens with zero attached hydrogens (tertiary/aromatic N) is 1. The maximum absolute atomic E-state index is 10.1. The molecule has 0 N–H and O–H groups in total. The van der Waals surface area contributed by atoms with Gasteiger partial charge in [-0.1, -0.05) is 62.8 Å². The normalized spacial score (nSPS) is 13.9. The summed E-state index contributed by atoms with van der Waals surface area (Å²) in [5.41, 5.74) is 0. The Bertz CT molecular complexity index is 328. The number of allylic oxidation sites excluding steroid dienone is 4. The lowest BCUT2D eigenvalue weighted by Crippen LogP contribution is -2.27. The van der Waals surface area contributed by atoms with E-state index in [0.29, 0.717) is 0 Å². The minimum atomic E-state index is 0.944. The number of rotatable bonds is 2. The summed E-state index contributed by atoms with van der Waals surface area (Å²) in [5.74, 6) is 0. The summed E-state index contributed by atoms with van der Waals surface area (Å²) < 4.78 is 0. The number of likely N-dealkylation sites (tertiary alicyclic amines) is 1. The number of hydrogen-bond acceptors (Lipinski definition) is 1. The first-order chi connectivity index (χ1) is 13.8. The van der Waals surface area contributed by atoms with Crippen LogP contribution in [0.1, 0.15) is 71.6 Å². The maximum Gasteiger partial charge on any atom is 0.209 e. The minimum absolute atomic E-state index is 0.944. The summed E-state index contributed by atoms with van der Waals surface area (Å²) in [4.78, 5) is 11.9. The van der Waals surface area contributed by atoms with E-state index in [2.05, 4.69) is 51.7 Å². The molecule has 158 valence electrons. The van der Waals surface area contributed by atoms with E-state index in [1.54, 1.807) is 0 Å². The molecule has 1 aliphatic heterocycles. The van der Waals surface area contributed by atoms with Gasteiger partial charge in [-0.15, -0.1) is 51.7 Å². The Morgan fingerprint density at radius 3 is 1.04 bits per heavy atom. The monoisotopic (exact) mass is 385 g/mol. The molecule has 2 rings (SSSR count). The zero-order chi connectivity index (χ0) is 22.9. The highest BCUT2D eigenvalue weighted by atomic mass is 16.1. The topological polar surface area (TPSA) is 20.3 Å². The van der Waals surface area contributed by atoms with Crippen LogP contribution in [-0.2, 0) is 4.79 Å². The standard InChI is InChI=1S/C6H11NO.C6H12.C6H10.C2H4.3C2H2/c8-6-7-4-2-1-3-5-7;1-2-4-6-5-3-1;1-3-5-6-4-2;4*1-2/h6H,1-5H2;1-6H2;3-6H,1-2H3;1-2H2;3*1-2H/b;;5-3-,6-4-;;;;. The highest BCUT2D eigenvalue weighted by Crippen LogP contribution is 2.15. The summed E-state index contributed by atoms with van der Waals surface area (Å²) in [6.07, 6.45) is 45.6. The predicted molar refractivity (Wildman–Crippen MR) is 130 cm³/mol. The molecule has 0 aromatic heterocycles. The molecule has 0 aromatic carbocycles. The van der Waals surface area contributed by atoms with E-state index < -0.39 is 0 Å². The molecule has 0 unspecified atom stereocenters. The number of terminal acetylenes is 3. The van der Waals surface area contributed by atoms with Crippen molar-refractivity contribution in [1.82, 2.24) is 4.90 Å². The fourth-order valence-corrected chi connectivity index (χ4v) is 2.31. The van der Waals surface area contributed by atoms with Crippen molar-refractivity contribution >= 4 is 6.41 Å². The first kappa shape index (κ1) is 36.3. The summed E-state index contributed by atoms with van der Waals surface area (Å²) in [6.45, 7) is 12.0. The fraction of sp³-hybridized carbons (Fsp3) is 0.500. The number of carbonyl (C=O) groups is 1. The van der Waals surface area contributed by atoms with Crippen LogP contribution >= 0.6 is 0 Å². The third-order valence-electron chi connectivity index (χ3n) is 3.54. The quantitative estimate of drug-likeness (QED) is 0.225. The van der Waals surface area contributed by atoms with Crippen molar-refractivity contribution in [3.63, 3.8) is 0 Å². The van der Waals surface area contributed by atoms with Crippen LogP contribution in [0.15, 0.2) is 37.5 Å². The Kier molecular flexibility index (Phi) is 64.4. The van der Waals surface area contributed by atoms with Crippen molar-refractivity contribution in [3.05, 3.63) is 37.5 Å². The van der Waals surface area contributed by atoms with Crippen molar-refractivity contribution in [2.75, 3.05) is 13.1 Å². The zero-order valence-corrected chi connectivity index (χ0v) is 18.4. The van der Waals surface area contributed by atoms with Crippen LogP contribution in [0.3, 0.4) is 0 Å². The molecule has 0 radical (unpaired) electrons. The van der Waals surface area contributed by atoms with Crippen molar-refractivity contribution in [1.29, 1.82) is 0 Å². The van der Waals surface area contributed by atoms with Gasteiger partial charge in [0.1, 0.15) is 0 Å². The van der Waals surface area contributed by atoms with Gasteiger partial charge in [-0.05, 0) is 33.1 Å². The average Bonchev–Trinajstić information content (AvgIpc) is 2.85. The van der Waals surface area contributed by atoms with Gasteiger partial charge in [-0.25, -0.2) is 0 Å². The summed E-state index contributed by atoms with van der Waals surface area (Å²) >= 11 is 0. The first-order valence-electron chi connectivity index (χ1n) is 9.78. The minimum Gasteiger partial charge on any atom is -0.345 e. The van der Waals surface area contributed by atoms with Crippen molar-refractivity contribution in [3.8, 4) is 38.5 Å². The van der Waals surface area contributed by atoms with Crippen molar-refractivity contribution in [2.24, 2.45) is 0 Å². The molecule has 0 spiro atoms. The second-order valence-corrected chi connectivity index (χ2v) is 5.37. The Labute approximate surface area is 177 Å². The van der Waals surface area contributed by atoms with E-state index in [0.717, 1.165) is 19.5 Å². The van der Waals surface area contributed by atoms with Crippen LogP contribution in [0.4, 0.5) is 0 Å². The lowest BCUT2D eigenvalue weighted by molar-refractivity contribution is -0.118. The average molecular weight is 386 g/mol. The molecule has 0 atom stereocenters. The van der Waals surface area contributed by atoms with E-state index in [9.17, 15) is 4.79 Å². The highest BCUT2D eigenvalue weighted by Gasteiger charge is 2.05. The summed E-state index contributed by atoms with van der Waals surface area (Å²) in [6, 6.07) is 0.